The van der Waals surface area contributed by atoms with E-state index in [-0.39, 0.29) is 23.9 Å². The van der Waals surface area contributed by atoms with E-state index < -0.39 is 21.9 Å². The number of carboxylic acid groups (broad SMARTS) is 1. The van der Waals surface area contributed by atoms with E-state index in [0.29, 0.717) is 12.1 Å². The fourth-order valence-corrected chi connectivity index (χ4v) is 3.71. The van der Waals surface area contributed by atoms with Gasteiger partial charge in [-0.05, 0) is 30.7 Å². The number of amides is 1. The van der Waals surface area contributed by atoms with Crippen molar-refractivity contribution in [3.05, 3.63) is 24.3 Å². The summed E-state index contributed by atoms with van der Waals surface area (Å²) in [6.45, 7) is 1.55. The molecule has 0 bridgehead atoms. The van der Waals surface area contributed by atoms with Gasteiger partial charge in [0.15, 0.2) is 0 Å². The molecular formula is C13H16N2O5S. The van der Waals surface area contributed by atoms with Crippen molar-refractivity contribution in [2.45, 2.75) is 18.2 Å². The molecule has 1 aromatic carbocycles. The lowest BCUT2D eigenvalue weighted by atomic mass is 10.1. The molecule has 1 aliphatic heterocycles. The molecule has 7 nitrogen and oxygen atoms in total. The number of carbonyl (C=O) groups is 2. The van der Waals surface area contributed by atoms with Crippen molar-refractivity contribution in [3.63, 3.8) is 0 Å². The number of carbonyl (C=O) groups excluding carboxylic acids is 1. The van der Waals surface area contributed by atoms with Crippen LogP contribution in [-0.4, -0.2) is 42.8 Å². The lowest BCUT2D eigenvalue weighted by molar-refractivity contribution is -0.141. The van der Waals surface area contributed by atoms with Crippen molar-refractivity contribution in [1.82, 2.24) is 4.31 Å². The molecule has 2 rings (SSSR count). The summed E-state index contributed by atoms with van der Waals surface area (Å²) in [5, 5.41) is 11.5. The lowest BCUT2D eigenvalue weighted by Gasteiger charge is -2.16. The topological polar surface area (TPSA) is 104 Å². The summed E-state index contributed by atoms with van der Waals surface area (Å²) in [4.78, 5) is 21.9. The Morgan fingerprint density at radius 1 is 1.29 bits per heavy atom. The second-order valence-electron chi connectivity index (χ2n) is 4.89. The molecular weight excluding hydrogens is 296 g/mol. The molecule has 1 aliphatic rings. The molecule has 2 N–H and O–H groups in total. The minimum Gasteiger partial charge on any atom is -0.481 e. The fourth-order valence-electron chi connectivity index (χ4n) is 2.21. The molecule has 0 radical (unpaired) electrons. The molecule has 0 aromatic heterocycles. The van der Waals surface area contributed by atoms with Crippen molar-refractivity contribution in [2.24, 2.45) is 5.92 Å². The molecule has 1 heterocycles. The van der Waals surface area contributed by atoms with E-state index in [1.807, 2.05) is 0 Å². The van der Waals surface area contributed by atoms with E-state index in [2.05, 4.69) is 5.32 Å². The van der Waals surface area contributed by atoms with E-state index in [0.717, 1.165) is 0 Å². The van der Waals surface area contributed by atoms with Gasteiger partial charge in [-0.3, -0.25) is 9.59 Å². The number of sulfonamides is 1. The Hall–Kier alpha value is -1.93. The molecule has 1 aromatic rings. The lowest BCUT2D eigenvalue weighted by Crippen LogP contribution is -2.30. The Bertz CT molecular complexity index is 654. The Balaban J connectivity index is 2.16. The zero-order chi connectivity index (χ0) is 15.6. The number of nitrogens with zero attached hydrogens (tertiary/aromatic N) is 1. The number of nitrogens with one attached hydrogen (secondary N) is 1. The van der Waals surface area contributed by atoms with Crippen LogP contribution in [0.2, 0.25) is 0 Å². The van der Waals surface area contributed by atoms with Gasteiger partial charge in [0.05, 0.1) is 10.8 Å². The van der Waals surface area contributed by atoms with Gasteiger partial charge in [0, 0.05) is 25.7 Å². The highest BCUT2D eigenvalue weighted by atomic mass is 32.2. The van der Waals surface area contributed by atoms with Crippen molar-refractivity contribution >= 4 is 27.6 Å². The number of hydrogen-bond donors (Lipinski definition) is 2. The molecule has 21 heavy (non-hydrogen) atoms. The van der Waals surface area contributed by atoms with Gasteiger partial charge in [-0.25, -0.2) is 8.42 Å². The summed E-state index contributed by atoms with van der Waals surface area (Å²) < 4.78 is 25.9. The van der Waals surface area contributed by atoms with Crippen LogP contribution in [0.4, 0.5) is 5.69 Å². The summed E-state index contributed by atoms with van der Waals surface area (Å²) in [6.07, 6.45) is 0.318. The molecule has 8 heteroatoms. The third-order valence-corrected chi connectivity index (χ3v) is 5.19. The zero-order valence-electron chi connectivity index (χ0n) is 11.4. The molecule has 1 fully saturated rings. The summed E-state index contributed by atoms with van der Waals surface area (Å²) in [5.74, 6) is -1.87. The van der Waals surface area contributed by atoms with Crippen LogP contribution in [0.1, 0.15) is 13.3 Å². The van der Waals surface area contributed by atoms with Gasteiger partial charge < -0.3 is 10.4 Å². The minimum atomic E-state index is -3.69. The van der Waals surface area contributed by atoms with Crippen LogP contribution < -0.4 is 5.32 Å². The second kappa shape index (κ2) is 5.82. The summed E-state index contributed by atoms with van der Waals surface area (Å²) in [5.41, 5.74) is 0.506. The second-order valence-corrected chi connectivity index (χ2v) is 6.83. The van der Waals surface area contributed by atoms with E-state index in [4.69, 9.17) is 5.11 Å². The zero-order valence-corrected chi connectivity index (χ0v) is 12.3. The predicted molar refractivity (Wildman–Crippen MR) is 75.2 cm³/mol. The van der Waals surface area contributed by atoms with Crippen LogP contribution in [0, 0.1) is 5.92 Å². The molecule has 0 spiro atoms. The van der Waals surface area contributed by atoms with Crippen molar-refractivity contribution in [3.8, 4) is 0 Å². The van der Waals surface area contributed by atoms with Crippen LogP contribution in [0.25, 0.3) is 0 Å². The summed E-state index contributed by atoms with van der Waals surface area (Å²) in [7, 11) is -3.69. The molecule has 0 aliphatic carbocycles. The van der Waals surface area contributed by atoms with Gasteiger partial charge in [-0.15, -0.1) is 0 Å². The SMILES string of the molecule is CC(=O)Nc1ccc(S(=O)(=O)N2CCC(C(=O)O)C2)cc1. The number of aliphatic carboxylic acids is 1. The van der Waals surface area contributed by atoms with Gasteiger partial charge in [0.25, 0.3) is 0 Å². The third-order valence-electron chi connectivity index (χ3n) is 3.31. The average molecular weight is 312 g/mol. The van der Waals surface area contributed by atoms with Crippen LogP contribution in [0.5, 0.6) is 0 Å². The molecule has 114 valence electrons. The monoisotopic (exact) mass is 312 g/mol. The van der Waals surface area contributed by atoms with Gasteiger partial charge in [0.2, 0.25) is 15.9 Å². The van der Waals surface area contributed by atoms with Crippen molar-refractivity contribution < 1.29 is 23.1 Å². The van der Waals surface area contributed by atoms with E-state index in [1.165, 1.54) is 35.5 Å². The van der Waals surface area contributed by atoms with Gasteiger partial charge >= 0.3 is 5.97 Å². The third kappa shape index (κ3) is 3.40. The van der Waals surface area contributed by atoms with Crippen LogP contribution in [0.15, 0.2) is 29.2 Å². The summed E-state index contributed by atoms with van der Waals surface area (Å²) in [6, 6.07) is 5.79. The fraction of sp³-hybridized carbons (Fsp3) is 0.385. The normalized spacial score (nSPS) is 19.4. The maximum atomic E-state index is 12.4. The maximum absolute atomic E-state index is 12.4. The van der Waals surface area contributed by atoms with Gasteiger partial charge in [-0.2, -0.15) is 4.31 Å². The molecule has 1 amide bonds. The Morgan fingerprint density at radius 3 is 2.38 bits per heavy atom. The van der Waals surface area contributed by atoms with E-state index in [9.17, 15) is 18.0 Å². The Labute approximate surface area is 122 Å². The predicted octanol–water partition coefficient (Wildman–Crippen LogP) is 0.740. The quantitative estimate of drug-likeness (QED) is 0.853. The average Bonchev–Trinajstić information content (AvgIpc) is 2.89. The van der Waals surface area contributed by atoms with Crippen LogP contribution >= 0.6 is 0 Å². The number of rotatable bonds is 4. The highest BCUT2D eigenvalue weighted by molar-refractivity contribution is 7.89. The maximum Gasteiger partial charge on any atom is 0.307 e. The molecule has 1 saturated heterocycles. The van der Waals surface area contributed by atoms with Crippen LogP contribution in [0.3, 0.4) is 0 Å². The summed E-state index contributed by atoms with van der Waals surface area (Å²) >= 11 is 0. The molecule has 1 atom stereocenters. The number of anilines is 1. The van der Waals surface area contributed by atoms with Crippen molar-refractivity contribution in [2.75, 3.05) is 18.4 Å². The van der Waals surface area contributed by atoms with E-state index in [1.54, 1.807) is 0 Å². The minimum absolute atomic E-state index is 0.00882. The Kier molecular flexibility index (Phi) is 4.29. The number of hydrogen-bond acceptors (Lipinski definition) is 4. The van der Waals surface area contributed by atoms with Crippen molar-refractivity contribution in [1.29, 1.82) is 0 Å². The molecule has 0 saturated carbocycles. The standard InChI is InChI=1S/C13H16N2O5S/c1-9(16)14-11-2-4-12(5-3-11)21(19,20)15-7-6-10(8-15)13(17)18/h2-5,10H,6-8H2,1H3,(H,14,16)(H,17,18). The first-order chi connectivity index (χ1) is 9.80. The Morgan fingerprint density at radius 2 is 1.90 bits per heavy atom. The highest BCUT2D eigenvalue weighted by Gasteiger charge is 2.35. The first-order valence-corrected chi connectivity index (χ1v) is 7.85. The number of carboxylic acids is 1. The first kappa shape index (κ1) is 15.5. The van der Waals surface area contributed by atoms with Gasteiger partial charge in [-0.1, -0.05) is 0 Å². The van der Waals surface area contributed by atoms with Crippen LogP contribution in [-0.2, 0) is 19.6 Å². The first-order valence-electron chi connectivity index (χ1n) is 6.41. The highest BCUT2D eigenvalue weighted by Crippen LogP contribution is 2.25. The number of benzene rings is 1. The van der Waals surface area contributed by atoms with E-state index >= 15 is 0 Å². The molecule has 1 unspecified atom stereocenters. The smallest absolute Gasteiger partial charge is 0.307 e. The largest absolute Gasteiger partial charge is 0.481 e. The van der Waals surface area contributed by atoms with Gasteiger partial charge in [0.1, 0.15) is 0 Å².